The van der Waals surface area contributed by atoms with Crippen LogP contribution in [-0.2, 0) is 21.1 Å². The molecule has 0 amide bonds. The van der Waals surface area contributed by atoms with Gasteiger partial charge in [0.2, 0.25) is 0 Å². The van der Waals surface area contributed by atoms with E-state index >= 15 is 0 Å². The summed E-state index contributed by atoms with van der Waals surface area (Å²) in [5.41, 5.74) is 7.44. The molecule has 7 heteroatoms. The summed E-state index contributed by atoms with van der Waals surface area (Å²) in [4.78, 5) is 9.70. The van der Waals surface area contributed by atoms with Crippen molar-refractivity contribution in [2.45, 2.75) is 19.8 Å². The molecule has 2 aromatic heterocycles. The van der Waals surface area contributed by atoms with Crippen molar-refractivity contribution in [1.82, 2.24) is 9.55 Å². The maximum absolute atomic E-state index is 8.28. The first kappa shape index (κ1) is 34.0. The van der Waals surface area contributed by atoms with Crippen molar-refractivity contribution in [2.75, 3.05) is 17.1 Å². The van der Waals surface area contributed by atoms with Crippen LogP contribution >= 0.6 is 0 Å². The number of aromatic nitrogens is 2. The fraction of sp³-hybridized carbons (Fsp3) is 0.0784. The predicted molar refractivity (Wildman–Crippen MR) is 238 cm³/mol. The average Bonchev–Trinajstić information content (AvgIpc) is 3.85. The molecule has 1 aliphatic heterocycles. The van der Waals surface area contributed by atoms with Crippen LogP contribution in [0.5, 0.6) is 0 Å². The van der Waals surface area contributed by atoms with Gasteiger partial charge in [0, 0.05) is 38.5 Å². The minimum atomic E-state index is -3.24. The van der Waals surface area contributed by atoms with Crippen molar-refractivity contribution < 1.29 is 30.1 Å². The molecule has 1 aliphatic rings. The van der Waals surface area contributed by atoms with Gasteiger partial charge in [0.1, 0.15) is 25.3 Å². The molecule has 1 N–H and O–H groups in total. The molecular formula is C51H41N4OPtSi-. The van der Waals surface area contributed by atoms with Gasteiger partial charge in [-0.3, -0.25) is 0 Å². The Labute approximate surface area is 359 Å². The average molecular weight is 952 g/mol. The summed E-state index contributed by atoms with van der Waals surface area (Å²) < 4.78 is 27.1. The van der Waals surface area contributed by atoms with Crippen molar-refractivity contribution in [3.63, 3.8) is 0 Å². The maximum atomic E-state index is 8.28. The number of hydrogen-bond acceptors (Lipinski definition) is 3. The van der Waals surface area contributed by atoms with Crippen molar-refractivity contribution in [1.29, 1.82) is 0 Å². The van der Waals surface area contributed by atoms with E-state index in [0.29, 0.717) is 23.0 Å². The van der Waals surface area contributed by atoms with E-state index in [1.165, 1.54) is 11.1 Å². The van der Waals surface area contributed by atoms with Crippen LogP contribution in [0.1, 0.15) is 29.4 Å². The van der Waals surface area contributed by atoms with E-state index in [-0.39, 0.29) is 21.1 Å². The molecule has 9 aromatic rings. The molecule has 0 radical (unpaired) electrons. The zero-order valence-electron chi connectivity index (χ0n) is 35.0. The van der Waals surface area contributed by atoms with Gasteiger partial charge in [-0.25, -0.2) is 4.98 Å². The summed E-state index contributed by atoms with van der Waals surface area (Å²) in [6.45, 7) is 2.00. The van der Waals surface area contributed by atoms with Crippen LogP contribution in [0, 0.1) is 12.1 Å². The normalized spacial score (nSPS) is 13.6. The second-order valence-electron chi connectivity index (χ2n) is 14.8. The van der Waals surface area contributed by atoms with Crippen LogP contribution in [0.3, 0.4) is 0 Å². The third-order valence-corrected chi connectivity index (χ3v) is 15.8. The molecule has 5 nitrogen and oxygen atoms in total. The number of hydroxylamine groups is 1. The largest absolute Gasteiger partial charge is 0.319 e. The number of anilines is 3. The SMILES string of the molecule is [2H]C([2H])([2H])N1[OH+]N(c2[c-]c([Si](c3[c-]c4c(cc3)c3ccccc3n4-c3cc(-c4ccccc4C(C)C)ccn3)(c3ccccc3)c3ccccc3)ccc2)c2ccccc21.[Pt]. The number of hydrogen-bond donors (Lipinski definition) is 0. The Bertz CT molecular complexity index is 2990. The van der Waals surface area contributed by atoms with Gasteiger partial charge < -0.3 is 4.57 Å². The van der Waals surface area contributed by atoms with Gasteiger partial charge in [0.15, 0.2) is 0 Å². The summed E-state index contributed by atoms with van der Waals surface area (Å²) in [7, 11) is -3.24. The first-order valence-corrected chi connectivity index (χ1v) is 21.3. The predicted octanol–water partition coefficient (Wildman–Crippen LogP) is 9.37. The Morgan fingerprint density at radius 3 is 2.07 bits per heavy atom. The Hall–Kier alpha value is -6.04. The van der Waals surface area contributed by atoms with Gasteiger partial charge in [-0.1, -0.05) is 135 Å². The summed E-state index contributed by atoms with van der Waals surface area (Å²) in [6.07, 6.45) is 1.91. The third kappa shape index (κ3) is 6.11. The van der Waals surface area contributed by atoms with Gasteiger partial charge in [0.05, 0.1) is 11.1 Å². The number of nitrogens with zero attached hydrogens (tertiary/aromatic N) is 4. The molecule has 0 aliphatic carbocycles. The minimum Gasteiger partial charge on any atom is -0.319 e. The summed E-state index contributed by atoms with van der Waals surface area (Å²) in [6, 6.07) is 68.8. The minimum absolute atomic E-state index is 0. The standard InChI is InChI=1S/C51H40N4OSi.Pt/c1-36(2)43-23-10-11-24-44(43)37-31-32-52-51(33-37)54-47-26-13-12-25-45(47)46-30-29-42(35-50(46)54)57(39-18-6-4-7-19-39,40-20-8-5-9-21-40)41-22-16-17-38(34-41)55-49-28-15-14-27-48(49)53(3)56-55;/h4-33,36H,1-3H3;/q-2;/p+1/i3D3;. The first-order chi connectivity index (χ1) is 29.2. The monoisotopic (exact) mass is 951 g/mol. The Morgan fingerprint density at radius 2 is 1.31 bits per heavy atom. The number of rotatable bonds is 8. The molecule has 0 atom stereocenters. The molecule has 3 heterocycles. The third-order valence-electron chi connectivity index (χ3n) is 11.2. The number of para-hydroxylation sites is 3. The smallest absolute Gasteiger partial charge is 0.145 e. The first-order valence-electron chi connectivity index (χ1n) is 20.8. The molecule has 10 rings (SSSR count). The van der Waals surface area contributed by atoms with E-state index < -0.39 is 15.0 Å². The van der Waals surface area contributed by atoms with E-state index in [2.05, 4.69) is 175 Å². The Kier molecular flexibility index (Phi) is 9.02. The fourth-order valence-corrected chi connectivity index (χ4v) is 13.2. The molecule has 0 unspecified atom stereocenters. The number of fused-ring (bicyclic) bond motifs is 4. The zero-order valence-corrected chi connectivity index (χ0v) is 35.2. The molecule has 58 heavy (non-hydrogen) atoms. The van der Waals surface area contributed by atoms with E-state index in [9.17, 15) is 0 Å². The van der Waals surface area contributed by atoms with Crippen LogP contribution in [0.2, 0.25) is 0 Å². The topological polar surface area (TPSA) is 37.1 Å². The number of benzene rings is 7. The van der Waals surface area contributed by atoms with Crippen molar-refractivity contribution in [2.24, 2.45) is 0 Å². The van der Waals surface area contributed by atoms with E-state index in [4.69, 9.17) is 9.10 Å². The molecule has 0 bridgehead atoms. The van der Waals surface area contributed by atoms with Gasteiger partial charge in [0.25, 0.3) is 0 Å². The molecule has 0 fully saturated rings. The van der Waals surface area contributed by atoms with Crippen molar-refractivity contribution >= 4 is 67.7 Å². The van der Waals surface area contributed by atoms with E-state index in [0.717, 1.165) is 59.0 Å². The van der Waals surface area contributed by atoms with Crippen LogP contribution in [-0.4, -0.2) is 29.5 Å². The van der Waals surface area contributed by atoms with E-state index in [1.807, 2.05) is 36.5 Å². The zero-order chi connectivity index (χ0) is 41.0. The van der Waals surface area contributed by atoms with E-state index in [1.54, 1.807) is 11.1 Å². The van der Waals surface area contributed by atoms with Crippen LogP contribution in [0.25, 0.3) is 38.8 Å². The van der Waals surface area contributed by atoms with Gasteiger partial charge in [-0.15, -0.1) is 21.6 Å². The fourth-order valence-electron chi connectivity index (χ4n) is 8.62. The van der Waals surface area contributed by atoms with Crippen molar-refractivity contribution in [3.05, 3.63) is 200 Å². The maximum Gasteiger partial charge on any atom is 0.145 e. The van der Waals surface area contributed by atoms with Crippen LogP contribution < -0.4 is 30.9 Å². The summed E-state index contributed by atoms with van der Waals surface area (Å²) in [5.74, 6) is 1.18. The molecular weight excluding hydrogens is 908 g/mol. The van der Waals surface area contributed by atoms with Gasteiger partial charge in [-0.2, -0.15) is 51.7 Å². The second-order valence-corrected chi connectivity index (χ2v) is 18.5. The molecule has 0 saturated heterocycles. The van der Waals surface area contributed by atoms with Crippen molar-refractivity contribution in [3.8, 4) is 16.9 Å². The molecule has 286 valence electrons. The summed E-state index contributed by atoms with van der Waals surface area (Å²) in [5, 5.41) is 9.39. The molecule has 7 aromatic carbocycles. The second kappa shape index (κ2) is 15.4. The Balaban J connectivity index is 0.00000476. The van der Waals surface area contributed by atoms with Crippen LogP contribution in [0.15, 0.2) is 182 Å². The Morgan fingerprint density at radius 1 is 0.638 bits per heavy atom. The van der Waals surface area contributed by atoms with Crippen LogP contribution in [0.4, 0.5) is 17.1 Å². The van der Waals surface area contributed by atoms with Gasteiger partial charge in [-0.05, 0) is 68.7 Å². The quantitative estimate of drug-likeness (QED) is 0.0660. The summed E-state index contributed by atoms with van der Waals surface area (Å²) >= 11 is 0. The molecule has 0 saturated carbocycles. The molecule has 0 spiro atoms. The van der Waals surface area contributed by atoms with Gasteiger partial charge >= 0.3 is 0 Å². The number of pyridine rings is 1.